The van der Waals surface area contributed by atoms with Crippen LogP contribution in [0.25, 0.3) is 0 Å². The molecule has 0 spiro atoms. The third-order valence-electron chi connectivity index (χ3n) is 5.33. The summed E-state index contributed by atoms with van der Waals surface area (Å²) in [6, 6.07) is 13.3. The molecule has 1 heterocycles. The molecule has 2 aromatic carbocycles. The predicted molar refractivity (Wildman–Crippen MR) is 107 cm³/mol. The number of methoxy groups -OCH3 is 1. The SMILES string of the molecule is COc1ccc(CNC(=O)Nc2ccc3c(c2)CN(C(=O)C2CC2)CC3)cc1. The van der Waals surface area contributed by atoms with Gasteiger partial charge in [-0.15, -0.1) is 0 Å². The lowest BCUT2D eigenvalue weighted by molar-refractivity contribution is -0.133. The lowest BCUT2D eigenvalue weighted by Crippen LogP contribution is -2.37. The Morgan fingerprint density at radius 2 is 1.89 bits per heavy atom. The average molecular weight is 379 g/mol. The molecule has 1 fully saturated rings. The largest absolute Gasteiger partial charge is 0.497 e. The standard InChI is InChI=1S/C22H25N3O3/c1-28-20-8-2-15(3-9-20)13-23-22(27)24-19-7-6-16-10-11-25(14-18(16)12-19)21(26)17-4-5-17/h2-3,6-9,12,17H,4-5,10-11,13-14H2,1H3,(H2,23,24,27). The Morgan fingerprint density at radius 1 is 1.11 bits per heavy atom. The van der Waals surface area contributed by atoms with E-state index in [1.165, 1.54) is 5.56 Å². The van der Waals surface area contributed by atoms with Crippen LogP contribution in [0.3, 0.4) is 0 Å². The van der Waals surface area contributed by atoms with Gasteiger partial charge in [0.1, 0.15) is 5.75 Å². The number of amides is 3. The van der Waals surface area contributed by atoms with Crippen molar-refractivity contribution < 1.29 is 14.3 Å². The molecular formula is C22H25N3O3. The van der Waals surface area contributed by atoms with E-state index in [1.54, 1.807) is 7.11 Å². The fourth-order valence-electron chi connectivity index (χ4n) is 3.51. The van der Waals surface area contributed by atoms with Crippen LogP contribution < -0.4 is 15.4 Å². The maximum atomic E-state index is 12.3. The number of carbonyl (C=O) groups is 2. The fraction of sp³-hybridized carbons (Fsp3) is 0.364. The van der Waals surface area contributed by atoms with E-state index in [1.807, 2.05) is 47.4 Å². The van der Waals surface area contributed by atoms with Crippen LogP contribution in [-0.4, -0.2) is 30.5 Å². The first-order chi connectivity index (χ1) is 13.6. The summed E-state index contributed by atoms with van der Waals surface area (Å²) in [5, 5.41) is 5.75. The van der Waals surface area contributed by atoms with Gasteiger partial charge in [0.2, 0.25) is 5.91 Å². The Bertz CT molecular complexity index is 875. The molecule has 3 amide bonds. The predicted octanol–water partition coefficient (Wildman–Crippen LogP) is 3.31. The van der Waals surface area contributed by atoms with Crippen molar-refractivity contribution in [2.75, 3.05) is 19.0 Å². The number of hydrogen-bond donors (Lipinski definition) is 2. The molecule has 146 valence electrons. The minimum atomic E-state index is -0.252. The monoisotopic (exact) mass is 379 g/mol. The van der Waals surface area contributed by atoms with Crippen molar-refractivity contribution in [3.8, 4) is 5.75 Å². The highest BCUT2D eigenvalue weighted by molar-refractivity contribution is 5.89. The van der Waals surface area contributed by atoms with Crippen LogP contribution in [0.4, 0.5) is 10.5 Å². The Balaban J connectivity index is 1.33. The van der Waals surface area contributed by atoms with E-state index < -0.39 is 0 Å². The lowest BCUT2D eigenvalue weighted by Gasteiger charge is -2.29. The van der Waals surface area contributed by atoms with Gasteiger partial charge in [-0.25, -0.2) is 4.79 Å². The highest BCUT2D eigenvalue weighted by atomic mass is 16.5. The number of fused-ring (bicyclic) bond motifs is 1. The van der Waals surface area contributed by atoms with E-state index in [0.29, 0.717) is 13.1 Å². The summed E-state index contributed by atoms with van der Waals surface area (Å²) in [4.78, 5) is 26.5. The molecular weight excluding hydrogens is 354 g/mol. The van der Waals surface area contributed by atoms with Crippen molar-refractivity contribution in [1.82, 2.24) is 10.2 Å². The Labute approximate surface area is 164 Å². The minimum Gasteiger partial charge on any atom is -0.497 e. The molecule has 0 atom stereocenters. The lowest BCUT2D eigenvalue weighted by atomic mass is 9.98. The van der Waals surface area contributed by atoms with Crippen molar-refractivity contribution in [2.24, 2.45) is 5.92 Å². The zero-order chi connectivity index (χ0) is 19.5. The van der Waals surface area contributed by atoms with Gasteiger partial charge in [-0.05, 0) is 60.2 Å². The summed E-state index contributed by atoms with van der Waals surface area (Å²) in [5.74, 6) is 1.31. The Kier molecular flexibility index (Phi) is 5.19. The molecule has 0 bridgehead atoms. The van der Waals surface area contributed by atoms with E-state index in [-0.39, 0.29) is 17.9 Å². The third kappa shape index (κ3) is 4.27. The quantitative estimate of drug-likeness (QED) is 0.837. The zero-order valence-corrected chi connectivity index (χ0v) is 16.0. The van der Waals surface area contributed by atoms with Crippen LogP contribution >= 0.6 is 0 Å². The summed E-state index contributed by atoms with van der Waals surface area (Å²) in [7, 11) is 1.63. The smallest absolute Gasteiger partial charge is 0.319 e. The summed E-state index contributed by atoms with van der Waals surface area (Å²) in [5.41, 5.74) is 4.11. The number of carbonyl (C=O) groups excluding carboxylic acids is 2. The number of ether oxygens (including phenoxy) is 1. The molecule has 2 aliphatic rings. The van der Waals surface area contributed by atoms with Gasteiger partial charge in [0, 0.05) is 31.2 Å². The normalized spacial score (nSPS) is 15.5. The Hall–Kier alpha value is -3.02. The van der Waals surface area contributed by atoms with Crippen LogP contribution in [0, 0.1) is 5.92 Å². The van der Waals surface area contributed by atoms with E-state index >= 15 is 0 Å². The fourth-order valence-corrected chi connectivity index (χ4v) is 3.51. The van der Waals surface area contributed by atoms with E-state index in [0.717, 1.165) is 48.4 Å². The summed E-state index contributed by atoms with van der Waals surface area (Å²) in [6.45, 7) is 1.86. The Morgan fingerprint density at radius 3 is 2.61 bits per heavy atom. The maximum Gasteiger partial charge on any atom is 0.319 e. The second-order valence-electron chi connectivity index (χ2n) is 7.42. The van der Waals surface area contributed by atoms with E-state index in [2.05, 4.69) is 10.6 Å². The molecule has 2 aromatic rings. The van der Waals surface area contributed by atoms with Gasteiger partial charge >= 0.3 is 6.03 Å². The first-order valence-electron chi connectivity index (χ1n) is 9.71. The number of anilines is 1. The molecule has 6 heteroatoms. The molecule has 1 aliphatic carbocycles. The van der Waals surface area contributed by atoms with E-state index in [4.69, 9.17) is 4.74 Å². The van der Waals surface area contributed by atoms with Gasteiger partial charge in [-0.3, -0.25) is 4.79 Å². The van der Waals surface area contributed by atoms with Crippen LogP contribution in [0.1, 0.15) is 29.5 Å². The van der Waals surface area contributed by atoms with Gasteiger partial charge in [0.15, 0.2) is 0 Å². The zero-order valence-electron chi connectivity index (χ0n) is 16.0. The van der Waals surface area contributed by atoms with Crippen molar-refractivity contribution in [1.29, 1.82) is 0 Å². The highest BCUT2D eigenvalue weighted by Gasteiger charge is 2.34. The summed E-state index contributed by atoms with van der Waals surface area (Å²) in [6.07, 6.45) is 2.92. The molecule has 6 nitrogen and oxygen atoms in total. The molecule has 0 unspecified atom stereocenters. The van der Waals surface area contributed by atoms with Crippen LogP contribution in [0.15, 0.2) is 42.5 Å². The minimum absolute atomic E-state index is 0.242. The number of nitrogens with one attached hydrogen (secondary N) is 2. The number of benzene rings is 2. The van der Waals surface area contributed by atoms with Crippen molar-refractivity contribution >= 4 is 17.6 Å². The molecule has 0 aromatic heterocycles. The molecule has 0 saturated heterocycles. The molecule has 1 saturated carbocycles. The highest BCUT2D eigenvalue weighted by Crippen LogP contribution is 2.33. The second-order valence-corrected chi connectivity index (χ2v) is 7.42. The number of rotatable bonds is 5. The van der Waals surface area contributed by atoms with Gasteiger partial charge in [-0.2, -0.15) is 0 Å². The third-order valence-corrected chi connectivity index (χ3v) is 5.33. The molecule has 1 aliphatic heterocycles. The van der Waals surface area contributed by atoms with Crippen molar-refractivity contribution in [2.45, 2.75) is 32.4 Å². The maximum absolute atomic E-state index is 12.3. The second kappa shape index (κ2) is 7.92. The van der Waals surface area contributed by atoms with Crippen LogP contribution in [0.5, 0.6) is 5.75 Å². The van der Waals surface area contributed by atoms with Gasteiger partial charge in [0.05, 0.1) is 7.11 Å². The van der Waals surface area contributed by atoms with Crippen LogP contribution in [0.2, 0.25) is 0 Å². The molecule has 2 N–H and O–H groups in total. The average Bonchev–Trinajstić information content (AvgIpc) is 3.57. The number of hydrogen-bond acceptors (Lipinski definition) is 3. The van der Waals surface area contributed by atoms with Gasteiger partial charge in [0.25, 0.3) is 0 Å². The van der Waals surface area contributed by atoms with E-state index in [9.17, 15) is 9.59 Å². The van der Waals surface area contributed by atoms with Crippen molar-refractivity contribution in [3.05, 3.63) is 59.2 Å². The molecule has 4 rings (SSSR count). The topological polar surface area (TPSA) is 70.7 Å². The number of nitrogens with zero attached hydrogens (tertiary/aromatic N) is 1. The molecule has 0 radical (unpaired) electrons. The van der Waals surface area contributed by atoms with Gasteiger partial charge in [-0.1, -0.05) is 18.2 Å². The van der Waals surface area contributed by atoms with Crippen molar-refractivity contribution in [3.63, 3.8) is 0 Å². The number of urea groups is 1. The summed E-state index contributed by atoms with van der Waals surface area (Å²) >= 11 is 0. The van der Waals surface area contributed by atoms with Crippen LogP contribution in [-0.2, 0) is 24.3 Å². The summed E-state index contributed by atoms with van der Waals surface area (Å²) < 4.78 is 5.13. The molecule has 28 heavy (non-hydrogen) atoms. The first kappa shape index (κ1) is 18.3. The van der Waals surface area contributed by atoms with Gasteiger partial charge < -0.3 is 20.3 Å². The first-order valence-corrected chi connectivity index (χ1v) is 9.71.